The van der Waals surface area contributed by atoms with Crippen molar-refractivity contribution in [1.82, 2.24) is 4.98 Å². The summed E-state index contributed by atoms with van der Waals surface area (Å²) in [6.07, 6.45) is 1.83. The summed E-state index contributed by atoms with van der Waals surface area (Å²) >= 11 is 4.53. The van der Waals surface area contributed by atoms with Gasteiger partial charge in [-0.3, -0.25) is 4.98 Å². The maximum Gasteiger partial charge on any atom is 3.00 e. The van der Waals surface area contributed by atoms with Crippen LogP contribution in [0.2, 0.25) is 0 Å². The maximum absolute atomic E-state index is 4.74. The van der Waals surface area contributed by atoms with Gasteiger partial charge >= 0.3 is 17.4 Å². The van der Waals surface area contributed by atoms with Crippen molar-refractivity contribution in [2.45, 2.75) is 24.2 Å². The molecule has 0 spiro atoms. The molecule has 0 fully saturated rings. The second-order valence-corrected chi connectivity index (χ2v) is 5.46. The molecule has 0 unspecified atom stereocenters. The van der Waals surface area contributed by atoms with E-state index in [0.717, 1.165) is 27.6 Å². The summed E-state index contributed by atoms with van der Waals surface area (Å²) in [5.74, 6) is 0. The van der Waals surface area contributed by atoms with Crippen LogP contribution in [0.25, 0.3) is 0 Å². The minimum absolute atomic E-state index is 0. The fourth-order valence-corrected chi connectivity index (χ4v) is 2.68. The summed E-state index contributed by atoms with van der Waals surface area (Å²) in [6.45, 7) is 4.32. The van der Waals surface area contributed by atoms with E-state index in [4.69, 9.17) is 4.99 Å². The number of fused-ring (bicyclic) bond motifs is 1. The van der Waals surface area contributed by atoms with Gasteiger partial charge < -0.3 is 0 Å². The van der Waals surface area contributed by atoms with Gasteiger partial charge in [0.1, 0.15) is 0 Å². The third kappa shape index (κ3) is 2.25. The molecule has 90 valence electrons. The summed E-state index contributed by atoms with van der Waals surface area (Å²) < 4.78 is 0. The van der Waals surface area contributed by atoms with Crippen molar-refractivity contribution < 1.29 is 0 Å². The van der Waals surface area contributed by atoms with E-state index in [1.807, 2.05) is 36.5 Å². The van der Waals surface area contributed by atoms with Crippen molar-refractivity contribution in [2.24, 2.45) is 4.99 Å². The van der Waals surface area contributed by atoms with Gasteiger partial charge in [0.25, 0.3) is 0 Å². The van der Waals surface area contributed by atoms with E-state index >= 15 is 0 Å². The van der Waals surface area contributed by atoms with Gasteiger partial charge in [-0.05, 0) is 32.0 Å². The molecule has 0 amide bonds. The van der Waals surface area contributed by atoms with Crippen LogP contribution in [0.5, 0.6) is 0 Å². The van der Waals surface area contributed by atoms with Crippen LogP contribution in [0, 0.1) is 0 Å². The summed E-state index contributed by atoms with van der Waals surface area (Å²) in [7, 11) is 0. The molecule has 0 saturated heterocycles. The molecule has 0 radical (unpaired) electrons. The Morgan fingerprint density at radius 3 is 2.47 bits per heavy atom. The Morgan fingerprint density at radius 1 is 1.05 bits per heavy atom. The van der Waals surface area contributed by atoms with Crippen molar-refractivity contribution in [2.75, 3.05) is 0 Å². The molecule has 0 bridgehead atoms. The van der Waals surface area contributed by atoms with Gasteiger partial charge in [-0.15, -0.1) is 12.6 Å². The van der Waals surface area contributed by atoms with Crippen molar-refractivity contribution in [3.63, 3.8) is 0 Å². The topological polar surface area (TPSA) is 25.2 Å². The van der Waals surface area contributed by atoms with E-state index in [-0.39, 0.29) is 22.8 Å². The predicted molar refractivity (Wildman–Crippen MR) is 82.9 cm³/mol. The number of aromatic nitrogens is 1. The zero-order valence-corrected chi connectivity index (χ0v) is 13.0. The van der Waals surface area contributed by atoms with Gasteiger partial charge in [0.15, 0.2) is 0 Å². The first-order valence-electron chi connectivity index (χ1n) is 5.94. The zero-order valence-electron chi connectivity index (χ0n) is 11.0. The molecule has 0 atom stereocenters. The quantitative estimate of drug-likeness (QED) is 0.629. The normalized spacial score (nSPS) is 15.4. The molecule has 0 saturated carbocycles. The fourth-order valence-electron chi connectivity index (χ4n) is 2.41. The molecular formula is C15H14AlN2S+3. The van der Waals surface area contributed by atoms with E-state index in [1.165, 1.54) is 0 Å². The standard InChI is InChI=1S/C15H14N2S.Al/c1-15(2)13(10-6-3-4-8-12(10)18)17-11-7-5-9-16-14(11)15;/h3-9,18H,1-2H3;/q;+3. The summed E-state index contributed by atoms with van der Waals surface area (Å²) in [4.78, 5) is 10.2. The number of thiol groups is 1. The Bertz CT molecular complexity index is 650. The average Bonchev–Trinajstić information content (AvgIpc) is 2.63. The fraction of sp³-hybridized carbons (Fsp3) is 0.200. The first-order valence-corrected chi connectivity index (χ1v) is 6.38. The molecule has 2 aromatic rings. The van der Waals surface area contributed by atoms with Gasteiger partial charge in [-0.2, -0.15) is 0 Å². The Balaban J connectivity index is 0.00000133. The molecule has 2 nitrogen and oxygen atoms in total. The smallest absolute Gasteiger partial charge is 0.258 e. The molecule has 1 aliphatic rings. The average molecular weight is 281 g/mol. The first kappa shape index (κ1) is 14.3. The van der Waals surface area contributed by atoms with E-state index in [2.05, 4.69) is 37.5 Å². The molecule has 2 heterocycles. The molecule has 3 rings (SSSR count). The minimum atomic E-state index is -0.171. The molecule has 19 heavy (non-hydrogen) atoms. The summed E-state index contributed by atoms with van der Waals surface area (Å²) in [5, 5.41) is 0. The number of aliphatic imine (C=N–C) groups is 1. The Morgan fingerprint density at radius 2 is 1.79 bits per heavy atom. The third-order valence-electron chi connectivity index (χ3n) is 3.36. The molecule has 4 heteroatoms. The van der Waals surface area contributed by atoms with Crippen LogP contribution in [-0.4, -0.2) is 28.1 Å². The minimum Gasteiger partial charge on any atom is -0.258 e. The van der Waals surface area contributed by atoms with Gasteiger partial charge in [0.2, 0.25) is 0 Å². The Hall–Kier alpha value is -1.08. The second kappa shape index (κ2) is 5.13. The number of pyridine rings is 1. The van der Waals surface area contributed by atoms with E-state index in [0.29, 0.717) is 0 Å². The molecule has 1 aromatic carbocycles. The molecule has 1 aliphatic heterocycles. The molecular weight excluding hydrogens is 267 g/mol. The number of hydrogen-bond donors (Lipinski definition) is 1. The number of benzene rings is 1. The van der Waals surface area contributed by atoms with Crippen LogP contribution < -0.4 is 0 Å². The monoisotopic (exact) mass is 281 g/mol. The van der Waals surface area contributed by atoms with Crippen molar-refractivity contribution in [3.8, 4) is 0 Å². The maximum atomic E-state index is 4.74. The SMILES string of the molecule is CC1(C)C(c2ccccc2S)=Nc2cccnc21.[Al+3]. The molecule has 0 N–H and O–H groups in total. The zero-order chi connectivity index (χ0) is 12.8. The van der Waals surface area contributed by atoms with Crippen LogP contribution in [0.3, 0.4) is 0 Å². The van der Waals surface area contributed by atoms with Gasteiger partial charge in [0, 0.05) is 16.7 Å². The second-order valence-electron chi connectivity index (χ2n) is 4.97. The van der Waals surface area contributed by atoms with Crippen LogP contribution in [-0.2, 0) is 5.41 Å². The van der Waals surface area contributed by atoms with Crippen LogP contribution in [0.1, 0.15) is 25.1 Å². The summed E-state index contributed by atoms with van der Waals surface area (Å²) in [6, 6.07) is 12.0. The number of hydrogen-bond acceptors (Lipinski definition) is 3. The van der Waals surface area contributed by atoms with Gasteiger partial charge in [-0.25, -0.2) is 4.99 Å². The first-order chi connectivity index (χ1) is 8.60. The van der Waals surface area contributed by atoms with Crippen molar-refractivity contribution in [1.29, 1.82) is 0 Å². The van der Waals surface area contributed by atoms with Gasteiger partial charge in [0.05, 0.1) is 22.5 Å². The molecule has 1 aromatic heterocycles. The van der Waals surface area contributed by atoms with Crippen LogP contribution in [0.4, 0.5) is 5.69 Å². The van der Waals surface area contributed by atoms with E-state index in [9.17, 15) is 0 Å². The van der Waals surface area contributed by atoms with Crippen LogP contribution >= 0.6 is 12.6 Å². The third-order valence-corrected chi connectivity index (χ3v) is 3.75. The Kier molecular flexibility index (Phi) is 3.87. The van der Waals surface area contributed by atoms with Gasteiger partial charge in [-0.1, -0.05) is 18.2 Å². The molecule has 0 aliphatic carbocycles. The van der Waals surface area contributed by atoms with E-state index in [1.54, 1.807) is 0 Å². The largest absolute Gasteiger partial charge is 3.00 e. The van der Waals surface area contributed by atoms with Crippen LogP contribution in [0.15, 0.2) is 52.5 Å². The number of rotatable bonds is 1. The Labute approximate surface area is 129 Å². The number of nitrogens with zero attached hydrogens (tertiary/aromatic N) is 2. The van der Waals surface area contributed by atoms with Crippen molar-refractivity contribution in [3.05, 3.63) is 53.9 Å². The predicted octanol–water partition coefficient (Wildman–Crippen LogP) is 3.40. The van der Waals surface area contributed by atoms with Crippen molar-refractivity contribution >= 4 is 41.4 Å². The van der Waals surface area contributed by atoms with E-state index < -0.39 is 0 Å². The summed E-state index contributed by atoms with van der Waals surface area (Å²) in [5.41, 5.74) is 3.96.